The second kappa shape index (κ2) is 5.90. The summed E-state index contributed by atoms with van der Waals surface area (Å²) in [5.74, 6) is 0.440. The van der Waals surface area contributed by atoms with Crippen LogP contribution in [0.3, 0.4) is 0 Å². The molecule has 1 aromatic rings. The molecular weight excluding hydrogens is 204 g/mol. The summed E-state index contributed by atoms with van der Waals surface area (Å²) in [6, 6.07) is 6.56. The molecule has 1 aromatic carbocycles. The van der Waals surface area contributed by atoms with Gasteiger partial charge >= 0.3 is 0 Å². The molecule has 0 radical (unpaired) electrons. The number of nitrogens with zero attached hydrogens (tertiary/aromatic N) is 1. The summed E-state index contributed by atoms with van der Waals surface area (Å²) in [4.78, 5) is 11.2. The molecule has 1 rings (SSSR count). The highest BCUT2D eigenvalue weighted by Gasteiger charge is 2.01. The first-order chi connectivity index (χ1) is 7.58. The zero-order valence-corrected chi connectivity index (χ0v) is 9.47. The van der Waals surface area contributed by atoms with E-state index in [1.165, 1.54) is 6.21 Å². The normalized spacial score (nSPS) is 10.9. The lowest BCUT2D eigenvalue weighted by molar-refractivity contribution is -0.121. The summed E-state index contributed by atoms with van der Waals surface area (Å²) in [5, 5.41) is 12.9. The van der Waals surface area contributed by atoms with E-state index in [4.69, 9.17) is 5.11 Å². The molecule has 0 saturated heterocycles. The van der Waals surface area contributed by atoms with E-state index in [0.717, 1.165) is 5.56 Å². The van der Waals surface area contributed by atoms with Crippen LogP contribution in [-0.4, -0.2) is 17.2 Å². The van der Waals surface area contributed by atoms with Crippen molar-refractivity contribution >= 4 is 12.1 Å². The third-order valence-corrected chi connectivity index (χ3v) is 1.89. The number of phenolic OH excluding ortho intramolecular Hbond substituents is 1. The number of hydrogen-bond acceptors (Lipinski definition) is 3. The van der Waals surface area contributed by atoms with E-state index < -0.39 is 0 Å². The zero-order valence-electron chi connectivity index (χ0n) is 9.47. The van der Waals surface area contributed by atoms with Gasteiger partial charge in [-0.3, -0.25) is 4.79 Å². The molecule has 4 heteroatoms. The van der Waals surface area contributed by atoms with E-state index in [1.807, 2.05) is 13.8 Å². The van der Waals surface area contributed by atoms with Crippen LogP contribution in [-0.2, 0) is 4.79 Å². The maximum atomic E-state index is 11.2. The topological polar surface area (TPSA) is 61.7 Å². The van der Waals surface area contributed by atoms with Crippen molar-refractivity contribution < 1.29 is 9.90 Å². The summed E-state index contributed by atoms with van der Waals surface area (Å²) in [7, 11) is 0. The van der Waals surface area contributed by atoms with Crippen molar-refractivity contribution in [2.75, 3.05) is 0 Å². The van der Waals surface area contributed by atoms with Crippen LogP contribution in [0.1, 0.15) is 25.8 Å². The Morgan fingerprint density at radius 2 is 2.06 bits per heavy atom. The number of carbonyl (C=O) groups is 1. The molecule has 16 heavy (non-hydrogen) atoms. The number of hydrogen-bond donors (Lipinski definition) is 2. The average Bonchev–Trinajstić information content (AvgIpc) is 2.20. The van der Waals surface area contributed by atoms with Gasteiger partial charge in [-0.15, -0.1) is 0 Å². The fourth-order valence-corrected chi connectivity index (χ4v) is 1.16. The van der Waals surface area contributed by atoms with Crippen molar-refractivity contribution in [1.82, 2.24) is 5.43 Å². The molecule has 0 aliphatic rings. The standard InChI is InChI=1S/C12H16N2O2/c1-9(2)7-12(16)14-13-8-10-3-5-11(15)6-4-10/h3-6,8-9,15H,7H2,1-2H3,(H,14,16)/b13-8-. The second-order valence-electron chi connectivity index (χ2n) is 3.98. The van der Waals surface area contributed by atoms with Gasteiger partial charge in [0, 0.05) is 6.42 Å². The van der Waals surface area contributed by atoms with Crippen molar-refractivity contribution in [3.05, 3.63) is 29.8 Å². The van der Waals surface area contributed by atoms with Crippen LogP contribution in [0.25, 0.3) is 0 Å². The number of hydrazone groups is 1. The summed E-state index contributed by atoms with van der Waals surface area (Å²) in [6.45, 7) is 3.95. The Morgan fingerprint density at radius 3 is 2.62 bits per heavy atom. The number of phenols is 1. The molecule has 0 aromatic heterocycles. The van der Waals surface area contributed by atoms with Crippen LogP contribution in [0.15, 0.2) is 29.4 Å². The van der Waals surface area contributed by atoms with Crippen LogP contribution in [0.4, 0.5) is 0 Å². The van der Waals surface area contributed by atoms with E-state index in [1.54, 1.807) is 24.3 Å². The summed E-state index contributed by atoms with van der Waals surface area (Å²) < 4.78 is 0. The number of nitrogens with one attached hydrogen (secondary N) is 1. The Morgan fingerprint density at radius 1 is 1.44 bits per heavy atom. The molecule has 86 valence electrons. The highest BCUT2D eigenvalue weighted by molar-refractivity contribution is 5.82. The Hall–Kier alpha value is -1.84. The Labute approximate surface area is 95.0 Å². The SMILES string of the molecule is CC(C)CC(=O)N/N=C\c1ccc(O)cc1. The molecule has 1 amide bonds. The van der Waals surface area contributed by atoms with Crippen LogP contribution in [0, 0.1) is 5.92 Å². The summed E-state index contributed by atoms with van der Waals surface area (Å²) in [5.41, 5.74) is 3.27. The number of aromatic hydroxyl groups is 1. The van der Waals surface area contributed by atoms with Gasteiger partial charge in [-0.25, -0.2) is 5.43 Å². The molecule has 0 spiro atoms. The minimum atomic E-state index is -0.0926. The van der Waals surface area contributed by atoms with Crippen molar-refractivity contribution in [2.45, 2.75) is 20.3 Å². The predicted octanol–water partition coefficient (Wildman–Crippen LogP) is 1.89. The van der Waals surface area contributed by atoms with Gasteiger partial charge in [0.1, 0.15) is 5.75 Å². The predicted molar refractivity (Wildman–Crippen MR) is 63.3 cm³/mol. The summed E-state index contributed by atoms with van der Waals surface area (Å²) >= 11 is 0. The number of amides is 1. The Kier molecular flexibility index (Phi) is 4.51. The first-order valence-corrected chi connectivity index (χ1v) is 5.19. The fraction of sp³-hybridized carbons (Fsp3) is 0.333. The van der Waals surface area contributed by atoms with E-state index in [9.17, 15) is 4.79 Å². The third-order valence-electron chi connectivity index (χ3n) is 1.89. The van der Waals surface area contributed by atoms with Crippen LogP contribution < -0.4 is 5.43 Å². The Balaban J connectivity index is 2.43. The van der Waals surface area contributed by atoms with Crippen LogP contribution in [0.2, 0.25) is 0 Å². The van der Waals surface area contributed by atoms with Gasteiger partial charge in [0.15, 0.2) is 0 Å². The molecule has 0 saturated carbocycles. The maximum Gasteiger partial charge on any atom is 0.240 e. The van der Waals surface area contributed by atoms with Gasteiger partial charge in [-0.2, -0.15) is 5.10 Å². The quantitative estimate of drug-likeness (QED) is 0.601. The fourth-order valence-electron chi connectivity index (χ4n) is 1.16. The van der Waals surface area contributed by atoms with Crippen molar-refractivity contribution in [1.29, 1.82) is 0 Å². The molecule has 2 N–H and O–H groups in total. The molecule has 4 nitrogen and oxygen atoms in total. The lowest BCUT2D eigenvalue weighted by atomic mass is 10.1. The molecule has 0 aliphatic heterocycles. The number of rotatable bonds is 4. The van der Waals surface area contributed by atoms with Crippen molar-refractivity contribution in [2.24, 2.45) is 11.0 Å². The third kappa shape index (κ3) is 4.59. The van der Waals surface area contributed by atoms with Gasteiger partial charge in [0.25, 0.3) is 0 Å². The maximum absolute atomic E-state index is 11.2. The van der Waals surface area contributed by atoms with E-state index in [-0.39, 0.29) is 11.7 Å². The smallest absolute Gasteiger partial charge is 0.240 e. The second-order valence-corrected chi connectivity index (χ2v) is 3.98. The molecule has 0 bridgehead atoms. The number of carbonyl (C=O) groups excluding carboxylic acids is 1. The zero-order chi connectivity index (χ0) is 12.0. The lowest BCUT2D eigenvalue weighted by Gasteiger charge is -2.01. The van der Waals surface area contributed by atoms with Crippen LogP contribution in [0.5, 0.6) is 5.75 Å². The summed E-state index contributed by atoms with van der Waals surface area (Å²) in [6.07, 6.45) is 2.00. The van der Waals surface area contributed by atoms with E-state index >= 15 is 0 Å². The molecule has 0 atom stereocenters. The van der Waals surface area contributed by atoms with Crippen LogP contribution >= 0.6 is 0 Å². The largest absolute Gasteiger partial charge is 0.508 e. The Bertz CT molecular complexity index is 369. The highest BCUT2D eigenvalue weighted by Crippen LogP contribution is 2.07. The molecule has 0 fully saturated rings. The van der Waals surface area contributed by atoms with Crippen molar-refractivity contribution in [3.8, 4) is 5.75 Å². The molecule has 0 unspecified atom stereocenters. The molecule has 0 heterocycles. The van der Waals surface area contributed by atoms with Gasteiger partial charge < -0.3 is 5.11 Å². The van der Waals surface area contributed by atoms with Gasteiger partial charge in [-0.05, 0) is 35.7 Å². The minimum Gasteiger partial charge on any atom is -0.508 e. The molecule has 0 aliphatic carbocycles. The number of benzene rings is 1. The van der Waals surface area contributed by atoms with E-state index in [0.29, 0.717) is 12.3 Å². The van der Waals surface area contributed by atoms with E-state index in [2.05, 4.69) is 10.5 Å². The lowest BCUT2D eigenvalue weighted by Crippen LogP contribution is -2.19. The van der Waals surface area contributed by atoms with Gasteiger partial charge in [-0.1, -0.05) is 13.8 Å². The monoisotopic (exact) mass is 220 g/mol. The highest BCUT2D eigenvalue weighted by atomic mass is 16.3. The molecular formula is C12H16N2O2. The first-order valence-electron chi connectivity index (χ1n) is 5.19. The average molecular weight is 220 g/mol. The van der Waals surface area contributed by atoms with Crippen molar-refractivity contribution in [3.63, 3.8) is 0 Å². The first kappa shape index (κ1) is 12.2. The van der Waals surface area contributed by atoms with Gasteiger partial charge in [0.05, 0.1) is 6.21 Å². The van der Waals surface area contributed by atoms with Gasteiger partial charge in [0.2, 0.25) is 5.91 Å². The minimum absolute atomic E-state index is 0.0926.